The first-order chi connectivity index (χ1) is 22.2. The van der Waals surface area contributed by atoms with E-state index < -0.39 is 21.4 Å². The standard InChI is InChI=1S/C36H48N2O7S/c1-25-7-14-31(15-8-25)46(39,40)36(28-11-16-34-33(22-28)38(18-20-44-34)17-6-19-41-3)45-35-24-37-29(21-26(2)42-4)23-32(35)27-9-12-30(43-5)13-10-27/h7-16,22,26,29,32,35-37H,6,17-21,23-24H2,1-5H3/t26?,29-,32+,35-,36?/m0/s1. The van der Waals surface area contributed by atoms with Gasteiger partial charge in [-0.1, -0.05) is 35.9 Å². The lowest BCUT2D eigenvalue weighted by atomic mass is 9.82. The minimum absolute atomic E-state index is 0.0524. The lowest BCUT2D eigenvalue weighted by Crippen LogP contribution is -2.48. The van der Waals surface area contributed by atoms with Gasteiger partial charge in [0.1, 0.15) is 18.1 Å². The molecule has 1 saturated heterocycles. The first kappa shape index (κ1) is 34.2. The Morgan fingerprint density at radius 2 is 1.78 bits per heavy atom. The van der Waals surface area contributed by atoms with Crippen LogP contribution < -0.4 is 19.7 Å². The van der Waals surface area contributed by atoms with Crippen molar-refractivity contribution in [3.63, 3.8) is 0 Å². The maximum Gasteiger partial charge on any atom is 0.209 e. The zero-order chi connectivity index (χ0) is 32.7. The van der Waals surface area contributed by atoms with Gasteiger partial charge >= 0.3 is 0 Å². The topological polar surface area (TPSA) is 95.6 Å². The van der Waals surface area contributed by atoms with Crippen molar-refractivity contribution in [1.82, 2.24) is 5.32 Å². The molecule has 2 aliphatic rings. The van der Waals surface area contributed by atoms with E-state index >= 15 is 0 Å². The minimum Gasteiger partial charge on any atom is -0.497 e. The molecule has 0 aromatic heterocycles. The average Bonchev–Trinajstić information content (AvgIpc) is 3.07. The molecule has 250 valence electrons. The van der Waals surface area contributed by atoms with E-state index in [2.05, 4.69) is 29.3 Å². The molecule has 5 atom stereocenters. The van der Waals surface area contributed by atoms with Crippen molar-refractivity contribution < 1.29 is 32.1 Å². The van der Waals surface area contributed by atoms with Crippen molar-refractivity contribution in [2.45, 2.75) is 67.6 Å². The van der Waals surface area contributed by atoms with Crippen LogP contribution >= 0.6 is 0 Å². The number of benzene rings is 3. The van der Waals surface area contributed by atoms with Crippen LogP contribution in [0.2, 0.25) is 0 Å². The van der Waals surface area contributed by atoms with Crippen molar-refractivity contribution >= 4 is 15.5 Å². The lowest BCUT2D eigenvalue weighted by Gasteiger charge is -2.40. The summed E-state index contributed by atoms with van der Waals surface area (Å²) in [5.74, 6) is 1.46. The van der Waals surface area contributed by atoms with E-state index in [4.69, 9.17) is 23.7 Å². The molecule has 1 fully saturated rings. The van der Waals surface area contributed by atoms with E-state index in [1.165, 1.54) is 0 Å². The molecular weight excluding hydrogens is 604 g/mol. The van der Waals surface area contributed by atoms with Crippen molar-refractivity contribution in [2.75, 3.05) is 59.1 Å². The first-order valence-electron chi connectivity index (χ1n) is 16.1. The molecule has 2 aliphatic heterocycles. The highest BCUT2D eigenvalue weighted by Gasteiger charge is 2.39. The largest absolute Gasteiger partial charge is 0.497 e. The monoisotopic (exact) mass is 652 g/mol. The summed E-state index contributed by atoms with van der Waals surface area (Å²) in [4.78, 5) is 2.46. The van der Waals surface area contributed by atoms with Gasteiger partial charge in [-0.25, -0.2) is 8.42 Å². The highest BCUT2D eigenvalue weighted by molar-refractivity contribution is 7.91. The molecule has 3 aromatic carbocycles. The van der Waals surface area contributed by atoms with Gasteiger partial charge in [0.2, 0.25) is 9.84 Å². The third-order valence-corrected chi connectivity index (χ3v) is 11.0. The number of ether oxygens (including phenoxy) is 5. The van der Waals surface area contributed by atoms with Crippen LogP contribution in [0.3, 0.4) is 0 Å². The van der Waals surface area contributed by atoms with Crippen LogP contribution in [-0.2, 0) is 24.0 Å². The minimum atomic E-state index is -3.96. The number of hydrogen-bond donors (Lipinski definition) is 1. The van der Waals surface area contributed by atoms with Crippen molar-refractivity contribution in [3.8, 4) is 11.5 Å². The third kappa shape index (κ3) is 8.04. The summed E-state index contributed by atoms with van der Waals surface area (Å²) in [6.07, 6.45) is 2.13. The molecule has 0 aliphatic carbocycles. The van der Waals surface area contributed by atoms with Crippen LogP contribution in [0.15, 0.2) is 71.6 Å². The van der Waals surface area contributed by atoms with Crippen LogP contribution in [0.5, 0.6) is 11.5 Å². The van der Waals surface area contributed by atoms with Crippen LogP contribution in [0.25, 0.3) is 0 Å². The smallest absolute Gasteiger partial charge is 0.209 e. The molecule has 10 heteroatoms. The van der Waals surface area contributed by atoms with E-state index in [9.17, 15) is 8.42 Å². The molecule has 0 radical (unpaired) electrons. The number of piperidine rings is 1. The van der Waals surface area contributed by atoms with Crippen molar-refractivity contribution in [1.29, 1.82) is 0 Å². The lowest BCUT2D eigenvalue weighted by molar-refractivity contribution is -0.0110. The normalized spacial score (nSPS) is 21.2. The fourth-order valence-corrected chi connectivity index (χ4v) is 7.95. The Bertz CT molecular complexity index is 1510. The quantitative estimate of drug-likeness (QED) is 0.221. The molecule has 46 heavy (non-hydrogen) atoms. The Hall–Kier alpha value is -3.15. The molecule has 0 spiro atoms. The van der Waals surface area contributed by atoms with E-state index in [0.717, 1.165) is 54.1 Å². The third-order valence-electron chi connectivity index (χ3n) is 9.08. The molecule has 1 N–H and O–H groups in total. The van der Waals surface area contributed by atoms with E-state index in [-0.39, 0.29) is 23.0 Å². The number of nitrogens with zero attached hydrogens (tertiary/aromatic N) is 1. The molecule has 5 rings (SSSR count). The molecular formula is C36H48N2O7S. The van der Waals surface area contributed by atoms with Gasteiger partial charge in [-0.15, -0.1) is 0 Å². The Morgan fingerprint density at radius 1 is 1.02 bits per heavy atom. The van der Waals surface area contributed by atoms with Crippen LogP contribution in [0.4, 0.5) is 5.69 Å². The second kappa shape index (κ2) is 15.6. The van der Waals surface area contributed by atoms with Gasteiger partial charge in [0, 0.05) is 45.9 Å². The van der Waals surface area contributed by atoms with Crippen molar-refractivity contribution in [2.24, 2.45) is 0 Å². The van der Waals surface area contributed by atoms with E-state index in [0.29, 0.717) is 31.9 Å². The number of anilines is 1. The Kier molecular flexibility index (Phi) is 11.6. The van der Waals surface area contributed by atoms with E-state index in [1.807, 2.05) is 49.4 Å². The summed E-state index contributed by atoms with van der Waals surface area (Å²) in [5.41, 5.74) is 2.28. The van der Waals surface area contributed by atoms with Gasteiger partial charge in [-0.2, -0.15) is 0 Å². The number of sulfone groups is 1. The average molecular weight is 653 g/mol. The molecule has 0 bridgehead atoms. The van der Waals surface area contributed by atoms with Gasteiger partial charge in [0.15, 0.2) is 5.44 Å². The number of rotatable bonds is 14. The summed E-state index contributed by atoms with van der Waals surface area (Å²) in [7, 11) is 1.11. The zero-order valence-electron chi connectivity index (χ0n) is 27.6. The molecule has 0 amide bonds. The zero-order valence-corrected chi connectivity index (χ0v) is 28.4. The van der Waals surface area contributed by atoms with E-state index in [1.54, 1.807) is 33.5 Å². The molecule has 2 heterocycles. The van der Waals surface area contributed by atoms with Gasteiger partial charge in [0.25, 0.3) is 0 Å². The van der Waals surface area contributed by atoms with Gasteiger partial charge in [0.05, 0.1) is 36.4 Å². The molecule has 9 nitrogen and oxygen atoms in total. The molecule has 0 saturated carbocycles. The maximum atomic E-state index is 14.5. The predicted molar refractivity (Wildman–Crippen MR) is 180 cm³/mol. The fraction of sp³-hybridized carbons (Fsp3) is 0.500. The van der Waals surface area contributed by atoms with Gasteiger partial charge < -0.3 is 33.9 Å². The molecule has 2 unspecified atom stereocenters. The summed E-state index contributed by atoms with van der Waals surface area (Å²) < 4.78 is 58.2. The number of fused-ring (bicyclic) bond motifs is 1. The van der Waals surface area contributed by atoms with Gasteiger partial charge in [-0.05, 0) is 80.6 Å². The fourth-order valence-electron chi connectivity index (χ4n) is 6.40. The number of nitrogens with one attached hydrogen (secondary N) is 1. The van der Waals surface area contributed by atoms with Crippen LogP contribution in [0, 0.1) is 6.92 Å². The summed E-state index contributed by atoms with van der Waals surface area (Å²) in [6, 6.07) is 20.8. The van der Waals surface area contributed by atoms with Gasteiger partial charge in [-0.3, -0.25) is 0 Å². The maximum absolute atomic E-state index is 14.5. The Balaban J connectivity index is 1.53. The Labute approximate surface area is 274 Å². The number of hydrogen-bond acceptors (Lipinski definition) is 9. The highest BCUT2D eigenvalue weighted by atomic mass is 32.2. The second-order valence-electron chi connectivity index (χ2n) is 12.3. The SMILES string of the molecule is COCCCN1CCOc2ccc(C(O[C@H]3CN[C@@H](CC(C)OC)C[C@@H]3c3ccc(OC)cc3)S(=O)(=O)c3ccc(C)cc3)cc21. The molecule has 3 aromatic rings. The predicted octanol–water partition coefficient (Wildman–Crippen LogP) is 5.67. The first-order valence-corrected chi connectivity index (χ1v) is 17.6. The van der Waals surface area contributed by atoms with Crippen molar-refractivity contribution in [3.05, 3.63) is 83.4 Å². The summed E-state index contributed by atoms with van der Waals surface area (Å²) in [5, 5.41) is 3.63. The number of methoxy groups -OCH3 is 3. The Morgan fingerprint density at radius 3 is 2.48 bits per heavy atom. The summed E-state index contributed by atoms with van der Waals surface area (Å²) in [6.45, 7) is 7.21. The summed E-state index contributed by atoms with van der Waals surface area (Å²) >= 11 is 0. The number of aryl methyl sites for hydroxylation is 1. The highest BCUT2D eigenvalue weighted by Crippen LogP contribution is 2.41. The van der Waals surface area contributed by atoms with Crippen LogP contribution in [0.1, 0.15) is 54.2 Å². The van der Waals surface area contributed by atoms with Crippen LogP contribution in [-0.4, -0.2) is 80.8 Å². The second-order valence-corrected chi connectivity index (χ2v) is 14.3.